The molecule has 0 N–H and O–H groups in total. The maximum atomic E-state index is 3.87. The molecule has 1 atom stereocenters. The minimum atomic E-state index is 0.343. The summed E-state index contributed by atoms with van der Waals surface area (Å²) in [7, 11) is 0. The highest BCUT2D eigenvalue weighted by atomic mass is 14.3. The van der Waals surface area contributed by atoms with Crippen LogP contribution in [0.15, 0.2) is 43.0 Å². The van der Waals surface area contributed by atoms with Crippen molar-refractivity contribution < 1.29 is 0 Å². The van der Waals surface area contributed by atoms with Crippen molar-refractivity contribution in [2.75, 3.05) is 0 Å². The van der Waals surface area contributed by atoms with Crippen LogP contribution in [0.2, 0.25) is 0 Å². The summed E-state index contributed by atoms with van der Waals surface area (Å²) in [6, 6.07) is 10.8. The number of rotatable bonds is 5. The Morgan fingerprint density at radius 1 is 1.27 bits per heavy atom. The van der Waals surface area contributed by atoms with E-state index in [0.717, 1.165) is 6.42 Å². The van der Waals surface area contributed by atoms with Gasteiger partial charge in [0.2, 0.25) is 0 Å². The van der Waals surface area contributed by atoms with E-state index in [0.29, 0.717) is 11.3 Å². The van der Waals surface area contributed by atoms with Crippen molar-refractivity contribution in [2.24, 2.45) is 5.41 Å². The number of allylic oxidation sites excluding steroid dienone is 1. The standard InChI is InChI=1S/C15H22/c1-5-10-14(15(3,4)6-2)13-11-8-7-9-12-13/h5,7-9,11-12,14H,1,6,10H2,2-4H3. The fourth-order valence-corrected chi connectivity index (χ4v) is 2.00. The third-order valence-corrected chi connectivity index (χ3v) is 3.46. The fourth-order valence-electron chi connectivity index (χ4n) is 2.00. The lowest BCUT2D eigenvalue weighted by Gasteiger charge is -2.33. The molecular weight excluding hydrogens is 180 g/mol. The second kappa shape index (κ2) is 5.16. The first-order valence-electron chi connectivity index (χ1n) is 5.77. The minimum Gasteiger partial charge on any atom is -0.103 e. The number of benzene rings is 1. The first-order chi connectivity index (χ1) is 7.11. The Balaban J connectivity index is 2.98. The molecule has 82 valence electrons. The lowest BCUT2D eigenvalue weighted by molar-refractivity contribution is 0.274. The van der Waals surface area contributed by atoms with Crippen molar-refractivity contribution in [3.63, 3.8) is 0 Å². The van der Waals surface area contributed by atoms with E-state index in [1.165, 1.54) is 12.0 Å². The van der Waals surface area contributed by atoms with Crippen LogP contribution in [-0.2, 0) is 0 Å². The molecule has 0 spiro atoms. The van der Waals surface area contributed by atoms with Crippen LogP contribution in [0.3, 0.4) is 0 Å². The molecule has 1 unspecified atom stereocenters. The summed E-state index contributed by atoms with van der Waals surface area (Å²) < 4.78 is 0. The molecule has 0 aliphatic carbocycles. The van der Waals surface area contributed by atoms with Crippen molar-refractivity contribution in [3.05, 3.63) is 48.6 Å². The zero-order valence-corrected chi connectivity index (χ0v) is 10.2. The topological polar surface area (TPSA) is 0 Å². The molecule has 0 heterocycles. The molecule has 1 aromatic rings. The van der Waals surface area contributed by atoms with Crippen LogP contribution in [0.5, 0.6) is 0 Å². The summed E-state index contributed by atoms with van der Waals surface area (Å²) in [5.41, 5.74) is 1.78. The SMILES string of the molecule is C=CCC(c1ccccc1)C(C)(C)CC. The summed E-state index contributed by atoms with van der Waals surface area (Å²) >= 11 is 0. The van der Waals surface area contributed by atoms with Crippen LogP contribution >= 0.6 is 0 Å². The predicted molar refractivity (Wildman–Crippen MR) is 68.1 cm³/mol. The largest absolute Gasteiger partial charge is 0.103 e. The van der Waals surface area contributed by atoms with E-state index in [4.69, 9.17) is 0 Å². The van der Waals surface area contributed by atoms with Gasteiger partial charge in [0.25, 0.3) is 0 Å². The van der Waals surface area contributed by atoms with Gasteiger partial charge in [0.15, 0.2) is 0 Å². The average molecular weight is 202 g/mol. The van der Waals surface area contributed by atoms with E-state index in [-0.39, 0.29) is 0 Å². The van der Waals surface area contributed by atoms with E-state index >= 15 is 0 Å². The van der Waals surface area contributed by atoms with E-state index in [9.17, 15) is 0 Å². The lowest BCUT2D eigenvalue weighted by Crippen LogP contribution is -2.20. The molecule has 0 amide bonds. The molecule has 0 fully saturated rings. The maximum Gasteiger partial charge on any atom is -0.00763 e. The average Bonchev–Trinajstić information content (AvgIpc) is 2.27. The smallest absolute Gasteiger partial charge is 0.00763 e. The molecule has 0 nitrogen and oxygen atoms in total. The van der Waals surface area contributed by atoms with Crippen molar-refractivity contribution in [1.29, 1.82) is 0 Å². The third kappa shape index (κ3) is 2.95. The van der Waals surface area contributed by atoms with E-state index in [1.54, 1.807) is 0 Å². The Morgan fingerprint density at radius 3 is 2.33 bits per heavy atom. The van der Waals surface area contributed by atoms with Gasteiger partial charge < -0.3 is 0 Å². The quantitative estimate of drug-likeness (QED) is 0.603. The second-order valence-corrected chi connectivity index (χ2v) is 4.83. The third-order valence-electron chi connectivity index (χ3n) is 3.46. The van der Waals surface area contributed by atoms with Gasteiger partial charge in [-0.3, -0.25) is 0 Å². The van der Waals surface area contributed by atoms with Crippen molar-refractivity contribution in [1.82, 2.24) is 0 Å². The zero-order chi connectivity index (χ0) is 11.3. The van der Waals surface area contributed by atoms with Crippen LogP contribution < -0.4 is 0 Å². The Bertz CT molecular complexity index is 295. The first-order valence-corrected chi connectivity index (χ1v) is 5.77. The Kier molecular flexibility index (Phi) is 4.14. The molecule has 0 saturated heterocycles. The normalized spacial score (nSPS) is 13.5. The van der Waals surface area contributed by atoms with Gasteiger partial charge in [0, 0.05) is 0 Å². The number of hydrogen-bond acceptors (Lipinski definition) is 0. The van der Waals surface area contributed by atoms with Gasteiger partial charge in [-0.1, -0.05) is 63.6 Å². The molecule has 0 heteroatoms. The Hall–Kier alpha value is -1.04. The maximum absolute atomic E-state index is 3.87. The summed E-state index contributed by atoms with van der Waals surface area (Å²) in [6.45, 7) is 10.8. The van der Waals surface area contributed by atoms with E-state index < -0.39 is 0 Å². The minimum absolute atomic E-state index is 0.343. The molecule has 0 radical (unpaired) electrons. The van der Waals surface area contributed by atoms with Crippen LogP contribution in [0, 0.1) is 5.41 Å². The molecule has 0 saturated carbocycles. The predicted octanol–water partition coefficient (Wildman–Crippen LogP) is 4.78. The highest BCUT2D eigenvalue weighted by Gasteiger charge is 2.27. The molecule has 0 bridgehead atoms. The monoisotopic (exact) mass is 202 g/mol. The van der Waals surface area contributed by atoms with Gasteiger partial charge in [0.1, 0.15) is 0 Å². The molecular formula is C15H22. The molecule has 1 aromatic carbocycles. The summed E-state index contributed by atoms with van der Waals surface area (Å²) in [6.07, 6.45) is 4.29. The molecule has 0 aliphatic heterocycles. The molecule has 1 rings (SSSR count). The highest BCUT2D eigenvalue weighted by molar-refractivity contribution is 5.22. The summed E-state index contributed by atoms with van der Waals surface area (Å²) in [5, 5.41) is 0. The van der Waals surface area contributed by atoms with Gasteiger partial charge in [0.05, 0.1) is 0 Å². The van der Waals surface area contributed by atoms with Gasteiger partial charge in [-0.25, -0.2) is 0 Å². The van der Waals surface area contributed by atoms with Crippen LogP contribution in [0.1, 0.15) is 45.1 Å². The first kappa shape index (κ1) is 12.0. The van der Waals surface area contributed by atoms with E-state index in [2.05, 4.69) is 57.7 Å². The zero-order valence-electron chi connectivity index (χ0n) is 10.2. The molecule has 0 aromatic heterocycles. The van der Waals surface area contributed by atoms with Crippen molar-refractivity contribution >= 4 is 0 Å². The molecule has 0 aliphatic rings. The van der Waals surface area contributed by atoms with Crippen LogP contribution in [0.4, 0.5) is 0 Å². The Labute approximate surface area is 94.0 Å². The van der Waals surface area contributed by atoms with Gasteiger partial charge >= 0.3 is 0 Å². The van der Waals surface area contributed by atoms with Gasteiger partial charge in [-0.2, -0.15) is 0 Å². The summed E-state index contributed by atoms with van der Waals surface area (Å²) in [5.74, 6) is 0.584. The van der Waals surface area contributed by atoms with Crippen molar-refractivity contribution in [3.8, 4) is 0 Å². The van der Waals surface area contributed by atoms with E-state index in [1.807, 2.05) is 6.08 Å². The number of hydrogen-bond donors (Lipinski definition) is 0. The summed E-state index contributed by atoms with van der Waals surface area (Å²) in [4.78, 5) is 0. The van der Waals surface area contributed by atoms with Gasteiger partial charge in [-0.05, 0) is 23.3 Å². The Morgan fingerprint density at radius 2 is 1.87 bits per heavy atom. The van der Waals surface area contributed by atoms with Crippen molar-refractivity contribution in [2.45, 2.75) is 39.5 Å². The van der Waals surface area contributed by atoms with Crippen LogP contribution in [0.25, 0.3) is 0 Å². The fraction of sp³-hybridized carbons (Fsp3) is 0.467. The second-order valence-electron chi connectivity index (χ2n) is 4.83. The van der Waals surface area contributed by atoms with Gasteiger partial charge in [-0.15, -0.1) is 6.58 Å². The lowest BCUT2D eigenvalue weighted by atomic mass is 9.71. The van der Waals surface area contributed by atoms with Crippen LogP contribution in [-0.4, -0.2) is 0 Å². The molecule has 15 heavy (non-hydrogen) atoms. The highest BCUT2D eigenvalue weighted by Crippen LogP contribution is 2.40.